The summed E-state index contributed by atoms with van der Waals surface area (Å²) in [5.41, 5.74) is 0.853. The first-order valence-corrected chi connectivity index (χ1v) is 9.70. The van der Waals surface area contributed by atoms with E-state index in [0.29, 0.717) is 30.5 Å². The number of amides is 1. The van der Waals surface area contributed by atoms with Gasteiger partial charge >= 0.3 is 0 Å². The number of ether oxygens (including phenoxy) is 1. The standard InChI is InChI=1S/C19H14Cl2FN5O2/c20-15-11(4-5-12(22)16(15)21)19(28)27-10-7-26-17(13-3-1-2-6-23-13)24-25-18(26)14(27)9-29-8-10/h1-6,10,14H,7-9H2/t10-,14-/m1/s1. The van der Waals surface area contributed by atoms with E-state index in [1.807, 2.05) is 22.8 Å². The van der Waals surface area contributed by atoms with Gasteiger partial charge in [0.25, 0.3) is 5.91 Å². The van der Waals surface area contributed by atoms with Gasteiger partial charge in [-0.15, -0.1) is 10.2 Å². The average molecular weight is 434 g/mol. The fourth-order valence-corrected chi connectivity index (χ4v) is 4.24. The first-order chi connectivity index (χ1) is 14.1. The van der Waals surface area contributed by atoms with Crippen molar-refractivity contribution in [1.82, 2.24) is 24.6 Å². The van der Waals surface area contributed by atoms with Gasteiger partial charge in [-0.05, 0) is 24.3 Å². The number of benzene rings is 1. The van der Waals surface area contributed by atoms with Crippen LogP contribution < -0.4 is 0 Å². The summed E-state index contributed by atoms with van der Waals surface area (Å²) in [4.78, 5) is 19.4. The van der Waals surface area contributed by atoms with Gasteiger partial charge in [0.05, 0.1) is 34.9 Å². The molecule has 1 aromatic carbocycles. The minimum Gasteiger partial charge on any atom is -0.377 e. The smallest absolute Gasteiger partial charge is 0.256 e. The lowest BCUT2D eigenvalue weighted by Crippen LogP contribution is -2.56. The summed E-state index contributed by atoms with van der Waals surface area (Å²) in [7, 11) is 0. The second kappa shape index (κ2) is 7.05. The van der Waals surface area contributed by atoms with Crippen LogP contribution in [0.25, 0.3) is 11.5 Å². The number of morpholine rings is 1. The molecule has 1 saturated heterocycles. The van der Waals surface area contributed by atoms with Gasteiger partial charge in [-0.25, -0.2) is 4.39 Å². The van der Waals surface area contributed by atoms with E-state index < -0.39 is 11.9 Å². The SMILES string of the molecule is O=C(c1ccc(F)c(Cl)c1Cl)N1[C@H]2COC[C@@H]1c1nnc(-c3ccccn3)n1C2. The van der Waals surface area contributed by atoms with E-state index in [1.165, 1.54) is 6.07 Å². The Kier molecular flexibility index (Phi) is 4.49. The van der Waals surface area contributed by atoms with Crippen LogP contribution >= 0.6 is 23.2 Å². The number of halogens is 3. The average Bonchev–Trinajstić information content (AvgIpc) is 3.15. The number of pyridine rings is 1. The highest BCUT2D eigenvalue weighted by Crippen LogP contribution is 2.37. The number of nitrogens with zero attached hydrogens (tertiary/aromatic N) is 5. The molecule has 0 saturated carbocycles. The summed E-state index contributed by atoms with van der Waals surface area (Å²) in [6.07, 6.45) is 1.69. The van der Waals surface area contributed by atoms with Crippen molar-refractivity contribution >= 4 is 29.1 Å². The van der Waals surface area contributed by atoms with E-state index in [1.54, 1.807) is 11.1 Å². The molecule has 5 rings (SSSR count). The van der Waals surface area contributed by atoms with Crippen LogP contribution in [-0.2, 0) is 11.3 Å². The Balaban J connectivity index is 1.56. The van der Waals surface area contributed by atoms with Crippen molar-refractivity contribution in [3.63, 3.8) is 0 Å². The third kappa shape index (κ3) is 2.90. The normalized spacial score (nSPS) is 20.4. The van der Waals surface area contributed by atoms with E-state index in [9.17, 15) is 9.18 Å². The third-order valence-corrected chi connectivity index (χ3v) is 6.04. The Morgan fingerprint density at radius 1 is 1.14 bits per heavy atom. The summed E-state index contributed by atoms with van der Waals surface area (Å²) in [5, 5.41) is 8.25. The van der Waals surface area contributed by atoms with Crippen molar-refractivity contribution in [1.29, 1.82) is 0 Å². The quantitative estimate of drug-likeness (QED) is 0.579. The zero-order valence-corrected chi connectivity index (χ0v) is 16.4. The number of hydrogen-bond donors (Lipinski definition) is 0. The molecule has 0 radical (unpaired) electrons. The predicted molar refractivity (Wildman–Crippen MR) is 103 cm³/mol. The molecule has 7 nitrogen and oxygen atoms in total. The molecule has 2 aromatic heterocycles. The summed E-state index contributed by atoms with van der Waals surface area (Å²) in [6, 6.07) is 7.36. The lowest BCUT2D eigenvalue weighted by molar-refractivity contribution is -0.0569. The molecule has 0 aliphatic carbocycles. The number of hydrogen-bond acceptors (Lipinski definition) is 5. The molecule has 148 valence electrons. The summed E-state index contributed by atoms with van der Waals surface area (Å²) < 4.78 is 21.3. The fraction of sp³-hybridized carbons (Fsp3) is 0.263. The van der Waals surface area contributed by atoms with Gasteiger partial charge in [-0.3, -0.25) is 9.78 Å². The van der Waals surface area contributed by atoms with Gasteiger partial charge < -0.3 is 14.2 Å². The first-order valence-electron chi connectivity index (χ1n) is 8.94. The van der Waals surface area contributed by atoms with E-state index in [-0.39, 0.29) is 34.2 Å². The maximum atomic E-state index is 13.7. The van der Waals surface area contributed by atoms with E-state index in [4.69, 9.17) is 27.9 Å². The molecular weight excluding hydrogens is 420 g/mol. The molecule has 0 spiro atoms. The van der Waals surface area contributed by atoms with Crippen molar-refractivity contribution < 1.29 is 13.9 Å². The number of aromatic nitrogens is 4. The predicted octanol–water partition coefficient (Wildman–Crippen LogP) is 3.38. The highest BCUT2D eigenvalue weighted by Gasteiger charge is 2.44. The van der Waals surface area contributed by atoms with Gasteiger partial charge in [0, 0.05) is 12.7 Å². The van der Waals surface area contributed by atoms with Crippen molar-refractivity contribution in [2.45, 2.75) is 18.6 Å². The highest BCUT2D eigenvalue weighted by atomic mass is 35.5. The molecule has 2 aliphatic heterocycles. The molecule has 4 heterocycles. The summed E-state index contributed by atoms with van der Waals surface area (Å²) in [5.74, 6) is 0.241. The Morgan fingerprint density at radius 2 is 2.00 bits per heavy atom. The van der Waals surface area contributed by atoms with E-state index in [2.05, 4.69) is 15.2 Å². The van der Waals surface area contributed by atoms with Gasteiger partial charge in [-0.1, -0.05) is 29.3 Å². The largest absolute Gasteiger partial charge is 0.377 e. The van der Waals surface area contributed by atoms with Crippen LogP contribution in [0, 0.1) is 5.82 Å². The Bertz CT molecular complexity index is 1110. The van der Waals surface area contributed by atoms with Crippen LogP contribution in [0.2, 0.25) is 10.0 Å². The Labute approximate surface area is 175 Å². The minimum absolute atomic E-state index is 0.100. The molecule has 1 amide bonds. The Hall–Kier alpha value is -2.55. The van der Waals surface area contributed by atoms with Crippen molar-refractivity contribution in [2.24, 2.45) is 0 Å². The summed E-state index contributed by atoms with van der Waals surface area (Å²) >= 11 is 12.1. The Morgan fingerprint density at radius 3 is 2.79 bits per heavy atom. The van der Waals surface area contributed by atoms with Crippen LogP contribution in [0.1, 0.15) is 22.2 Å². The third-order valence-electron chi connectivity index (χ3n) is 5.18. The maximum Gasteiger partial charge on any atom is 0.256 e. The van der Waals surface area contributed by atoms with Gasteiger partial charge in [0.2, 0.25) is 0 Å². The summed E-state index contributed by atoms with van der Waals surface area (Å²) in [6.45, 7) is 1.08. The van der Waals surface area contributed by atoms with Crippen molar-refractivity contribution in [3.05, 3.63) is 63.8 Å². The molecule has 3 aromatic rings. The molecule has 1 fully saturated rings. The monoisotopic (exact) mass is 433 g/mol. The van der Waals surface area contributed by atoms with Crippen molar-refractivity contribution in [3.8, 4) is 11.5 Å². The molecule has 10 heteroatoms. The van der Waals surface area contributed by atoms with Crippen LogP contribution in [0.3, 0.4) is 0 Å². The van der Waals surface area contributed by atoms with Crippen LogP contribution in [0.5, 0.6) is 0 Å². The molecule has 2 aliphatic rings. The van der Waals surface area contributed by atoms with Crippen LogP contribution in [-0.4, -0.2) is 49.8 Å². The number of rotatable bonds is 2. The number of carbonyl (C=O) groups is 1. The molecule has 29 heavy (non-hydrogen) atoms. The maximum absolute atomic E-state index is 13.7. The second-order valence-electron chi connectivity index (χ2n) is 6.85. The van der Waals surface area contributed by atoms with E-state index >= 15 is 0 Å². The van der Waals surface area contributed by atoms with Gasteiger partial charge in [-0.2, -0.15) is 0 Å². The molecule has 0 N–H and O–H groups in total. The zero-order valence-electron chi connectivity index (χ0n) is 14.9. The highest BCUT2D eigenvalue weighted by molar-refractivity contribution is 6.44. The molecule has 2 bridgehead atoms. The van der Waals surface area contributed by atoms with E-state index in [0.717, 1.165) is 6.07 Å². The van der Waals surface area contributed by atoms with Crippen LogP contribution in [0.15, 0.2) is 36.5 Å². The fourth-order valence-electron chi connectivity index (χ4n) is 3.84. The topological polar surface area (TPSA) is 73.1 Å². The molecular formula is C19H14Cl2FN5O2. The zero-order chi connectivity index (χ0) is 20.1. The minimum atomic E-state index is -0.671. The van der Waals surface area contributed by atoms with Crippen molar-refractivity contribution in [2.75, 3.05) is 13.2 Å². The first kappa shape index (κ1) is 18.5. The lowest BCUT2D eigenvalue weighted by atomic mass is 10.0. The molecule has 2 atom stereocenters. The lowest BCUT2D eigenvalue weighted by Gasteiger charge is -2.45. The molecule has 0 unspecified atom stereocenters. The van der Waals surface area contributed by atoms with Gasteiger partial charge in [0.1, 0.15) is 17.6 Å². The van der Waals surface area contributed by atoms with Crippen LogP contribution in [0.4, 0.5) is 4.39 Å². The number of fused-ring (bicyclic) bond motifs is 4. The second-order valence-corrected chi connectivity index (χ2v) is 7.61. The van der Waals surface area contributed by atoms with Gasteiger partial charge in [0.15, 0.2) is 11.6 Å². The number of carbonyl (C=O) groups excluding carboxylic acids is 1.